The number of fused-ring (bicyclic) bond motifs is 18. The Balaban J connectivity index is 1.31. The van der Waals surface area contributed by atoms with E-state index in [2.05, 4.69) is 26.6 Å². The van der Waals surface area contributed by atoms with Crippen molar-refractivity contribution in [1.29, 1.82) is 0 Å². The van der Waals surface area contributed by atoms with Gasteiger partial charge in [0.1, 0.15) is 36.5 Å². The van der Waals surface area contributed by atoms with Gasteiger partial charge >= 0.3 is 5.97 Å². The first kappa shape index (κ1) is 41.8. The van der Waals surface area contributed by atoms with Crippen molar-refractivity contribution in [2.24, 2.45) is 0 Å². The van der Waals surface area contributed by atoms with Crippen LogP contribution >= 0.6 is 11.3 Å². The summed E-state index contributed by atoms with van der Waals surface area (Å²) in [5, 5.41) is 25.7. The number of carboxylic acids is 1. The molecule has 1 aromatic heterocycles. The van der Waals surface area contributed by atoms with E-state index in [1.165, 1.54) is 11.3 Å². The Morgan fingerprint density at radius 2 is 1.15 bits per heavy atom. The van der Waals surface area contributed by atoms with E-state index in [0.717, 1.165) is 10.4 Å². The maximum absolute atomic E-state index is 14.4. The average molecular weight is 816 g/mol. The van der Waals surface area contributed by atoms with Crippen LogP contribution in [-0.4, -0.2) is 64.8 Å². The van der Waals surface area contributed by atoms with Crippen LogP contribution in [0, 0.1) is 0 Å². The van der Waals surface area contributed by atoms with Crippen molar-refractivity contribution in [3.8, 4) is 5.75 Å². The summed E-state index contributed by atoms with van der Waals surface area (Å²) in [5.74, 6) is -3.76. The number of rotatable bonds is 10. The van der Waals surface area contributed by atoms with Gasteiger partial charge in [0.2, 0.25) is 29.5 Å². The average Bonchev–Trinajstić information content (AvgIpc) is 3.76. The summed E-state index contributed by atoms with van der Waals surface area (Å²) in [7, 11) is 0. The zero-order valence-corrected chi connectivity index (χ0v) is 32.9. The van der Waals surface area contributed by atoms with Crippen LogP contribution in [0.5, 0.6) is 5.75 Å². The van der Waals surface area contributed by atoms with Gasteiger partial charge in [0.15, 0.2) is 0 Å². The zero-order chi connectivity index (χ0) is 41.6. The van der Waals surface area contributed by atoms with Gasteiger partial charge in [-0.15, -0.1) is 11.3 Å². The fourth-order valence-electron chi connectivity index (χ4n) is 6.50. The van der Waals surface area contributed by atoms with Gasteiger partial charge in [0.25, 0.3) is 0 Å². The minimum atomic E-state index is -1.36. The Morgan fingerprint density at radius 3 is 1.75 bits per heavy atom. The number of hydrogen-bond donors (Lipinski definition) is 6. The number of carboxylic acid groups (broad SMARTS) is 1. The molecule has 0 radical (unpaired) electrons. The first-order chi connectivity index (χ1) is 28.6. The Morgan fingerprint density at radius 1 is 0.593 bits per heavy atom. The van der Waals surface area contributed by atoms with Gasteiger partial charge in [0.05, 0.1) is 0 Å². The molecule has 2 bridgehead atoms. The van der Waals surface area contributed by atoms with Gasteiger partial charge < -0.3 is 36.4 Å². The second kappa shape index (κ2) is 20.6. The quantitative estimate of drug-likeness (QED) is 0.112. The largest absolute Gasteiger partial charge is 0.489 e. The molecular formula is C45H45N5O8S. The summed E-state index contributed by atoms with van der Waals surface area (Å²) >= 11 is 1.40. The molecule has 0 fully saturated rings. The van der Waals surface area contributed by atoms with E-state index in [1.54, 1.807) is 72.8 Å². The smallest absolute Gasteiger partial charge is 0.326 e. The molecule has 2 aliphatic rings. The molecule has 5 aromatic rings. The van der Waals surface area contributed by atoms with E-state index in [4.69, 9.17) is 4.74 Å². The van der Waals surface area contributed by atoms with Crippen LogP contribution in [0.2, 0.25) is 0 Å². The van der Waals surface area contributed by atoms with Crippen LogP contribution in [0.15, 0.2) is 127 Å². The third-order valence-corrected chi connectivity index (χ3v) is 10.6. The van der Waals surface area contributed by atoms with Crippen molar-refractivity contribution in [1.82, 2.24) is 21.3 Å². The van der Waals surface area contributed by atoms with Gasteiger partial charge in [-0.25, -0.2) is 4.79 Å². The summed E-state index contributed by atoms with van der Waals surface area (Å²) in [6.07, 6.45) is -0.348. The van der Waals surface area contributed by atoms with E-state index >= 15 is 0 Å². The van der Waals surface area contributed by atoms with Gasteiger partial charge in [0, 0.05) is 49.1 Å². The molecule has 5 amide bonds. The SMILES string of the molecule is O=C1CCC(=O)N[C@H](Cc2cccs2)C(=O)N[C@@H](Cc2ccc(OCc3ccccc3)cc2)C(=O)N[C@H](Cc2ccccc2)C(=O)N[C@H](C(=O)O)Cc2ccc(cc2)N1. The molecule has 4 aromatic carbocycles. The lowest BCUT2D eigenvalue weighted by Crippen LogP contribution is -2.59. The molecule has 0 spiro atoms. The Labute approximate surface area is 345 Å². The van der Waals surface area contributed by atoms with Crippen LogP contribution < -0.4 is 31.3 Å². The van der Waals surface area contributed by atoms with Crippen LogP contribution in [0.25, 0.3) is 0 Å². The maximum Gasteiger partial charge on any atom is 0.326 e. The molecule has 7 rings (SSSR count). The molecule has 2 aliphatic heterocycles. The lowest BCUT2D eigenvalue weighted by atomic mass is 10.0. The van der Waals surface area contributed by atoms with Crippen LogP contribution in [0.3, 0.4) is 0 Å². The molecule has 0 unspecified atom stereocenters. The third-order valence-electron chi connectivity index (χ3n) is 9.67. The predicted molar refractivity (Wildman–Crippen MR) is 222 cm³/mol. The number of thiophene rings is 1. The van der Waals surface area contributed by atoms with Crippen molar-refractivity contribution in [3.63, 3.8) is 0 Å². The summed E-state index contributed by atoms with van der Waals surface area (Å²) < 4.78 is 5.94. The minimum Gasteiger partial charge on any atom is -0.489 e. The summed E-state index contributed by atoms with van der Waals surface area (Å²) in [6.45, 7) is 0.350. The number of carbonyl (C=O) groups is 6. The number of nitrogens with one attached hydrogen (secondary N) is 5. The molecule has 6 N–H and O–H groups in total. The number of aliphatic carboxylic acids is 1. The van der Waals surface area contributed by atoms with E-state index in [0.29, 0.717) is 34.7 Å². The van der Waals surface area contributed by atoms with E-state index in [1.807, 2.05) is 53.9 Å². The highest BCUT2D eigenvalue weighted by atomic mass is 32.1. The molecule has 3 heterocycles. The fraction of sp³-hybridized carbons (Fsp3) is 0.244. The normalized spacial score (nSPS) is 19.6. The van der Waals surface area contributed by atoms with Gasteiger partial charge in [-0.3, -0.25) is 24.0 Å². The second-order valence-electron chi connectivity index (χ2n) is 14.2. The third kappa shape index (κ3) is 12.9. The zero-order valence-electron chi connectivity index (χ0n) is 32.1. The monoisotopic (exact) mass is 815 g/mol. The standard InChI is InChI=1S/C45H45N5O8S/c51-40-21-22-41(52)47-38(27-35-12-7-23-59-35)44(55)49-37(25-31-15-19-34(20-16-31)58-28-32-10-5-2-6-11-32)42(53)48-36(24-29-8-3-1-4-9-29)43(54)50-39(45(56)57)26-30-13-17-33(46-40)18-14-30/h1-20,23,36-39H,21-22,24-28H2,(H,46,51)(H,47,52)(H,48,53)(H,49,55)(H,50,54)(H,56,57)/t36-,37+,38-,39+/m1/s1. The Kier molecular flexibility index (Phi) is 14.6. The highest BCUT2D eigenvalue weighted by Gasteiger charge is 2.32. The highest BCUT2D eigenvalue weighted by Crippen LogP contribution is 2.18. The van der Waals surface area contributed by atoms with E-state index in [9.17, 15) is 33.9 Å². The van der Waals surface area contributed by atoms with Gasteiger partial charge in [-0.1, -0.05) is 91.0 Å². The number of hydrogen-bond acceptors (Lipinski definition) is 8. The van der Waals surface area contributed by atoms with Crippen molar-refractivity contribution in [3.05, 3.63) is 154 Å². The van der Waals surface area contributed by atoms with Crippen LogP contribution in [-0.2, 0) is 61.1 Å². The number of benzene rings is 4. The van der Waals surface area contributed by atoms with Crippen LogP contribution in [0.1, 0.15) is 40.0 Å². The van der Waals surface area contributed by atoms with Crippen molar-refractivity contribution in [2.75, 3.05) is 5.32 Å². The van der Waals surface area contributed by atoms with E-state index < -0.39 is 59.7 Å². The van der Waals surface area contributed by atoms with Crippen molar-refractivity contribution >= 4 is 52.5 Å². The molecule has 0 aliphatic carbocycles. The molecule has 4 atom stereocenters. The number of carbonyl (C=O) groups excluding carboxylic acids is 5. The molecule has 0 saturated heterocycles. The van der Waals surface area contributed by atoms with Crippen molar-refractivity contribution < 1.29 is 38.6 Å². The molecular weight excluding hydrogens is 771 g/mol. The molecule has 304 valence electrons. The summed E-state index contributed by atoms with van der Waals surface area (Å²) in [5.41, 5.74) is 3.36. The topological polar surface area (TPSA) is 192 Å². The first-order valence-corrected chi connectivity index (χ1v) is 20.1. The lowest BCUT2D eigenvalue weighted by Gasteiger charge is -2.26. The summed E-state index contributed by atoms with van der Waals surface area (Å²) in [4.78, 5) is 81.9. The number of amides is 5. The highest BCUT2D eigenvalue weighted by molar-refractivity contribution is 7.09. The second-order valence-corrected chi connectivity index (χ2v) is 15.2. The summed E-state index contributed by atoms with van der Waals surface area (Å²) in [6, 6.07) is 30.8. The number of ether oxygens (including phenoxy) is 1. The molecule has 0 saturated carbocycles. The molecule has 59 heavy (non-hydrogen) atoms. The predicted octanol–water partition coefficient (Wildman–Crippen LogP) is 4.35. The Hall–Kier alpha value is -6.80. The van der Waals surface area contributed by atoms with E-state index in [-0.39, 0.29) is 38.5 Å². The molecule has 13 nitrogen and oxygen atoms in total. The first-order valence-electron chi connectivity index (χ1n) is 19.2. The minimum absolute atomic E-state index is 0.0103. The van der Waals surface area contributed by atoms with Crippen LogP contribution in [0.4, 0.5) is 5.69 Å². The lowest BCUT2D eigenvalue weighted by molar-refractivity contribution is -0.142. The number of anilines is 1. The van der Waals surface area contributed by atoms with Gasteiger partial charge in [-0.05, 0) is 58.0 Å². The Bertz CT molecular complexity index is 2200. The maximum atomic E-state index is 14.4. The molecule has 14 heteroatoms. The van der Waals surface area contributed by atoms with Crippen molar-refractivity contribution in [2.45, 2.75) is 69.3 Å². The fourth-order valence-corrected chi connectivity index (χ4v) is 7.25. The van der Waals surface area contributed by atoms with Gasteiger partial charge in [-0.2, -0.15) is 0 Å².